The second-order valence-corrected chi connectivity index (χ2v) is 9.10. The highest BCUT2D eigenvalue weighted by molar-refractivity contribution is 7.61. The van der Waals surface area contributed by atoms with E-state index in [9.17, 15) is 9.36 Å². The van der Waals surface area contributed by atoms with E-state index in [1.165, 1.54) is 0 Å². The predicted octanol–water partition coefficient (Wildman–Crippen LogP) is 4.13. The van der Waals surface area contributed by atoms with Crippen molar-refractivity contribution in [2.45, 2.75) is 50.4 Å². The molecule has 0 saturated heterocycles. The van der Waals surface area contributed by atoms with E-state index in [2.05, 4.69) is 0 Å². The fraction of sp³-hybridized carbons (Fsp3) is 0.533. The third kappa shape index (κ3) is 4.91. The standard InChI is InChI=1S/C15H21Cl2O4P/c1-5-11(4)21-14(18)15(16,17)22(19)13-9-7-6-8-12(13)20-10(2)3/h6-11,22H,5H2,1-4H3. The van der Waals surface area contributed by atoms with Gasteiger partial charge in [0, 0.05) is 0 Å². The summed E-state index contributed by atoms with van der Waals surface area (Å²) in [5, 5.41) is 0.326. The lowest BCUT2D eigenvalue weighted by molar-refractivity contribution is -0.147. The Morgan fingerprint density at radius 3 is 2.41 bits per heavy atom. The van der Waals surface area contributed by atoms with Gasteiger partial charge in [-0.25, -0.2) is 4.79 Å². The van der Waals surface area contributed by atoms with Crippen LogP contribution in [0.15, 0.2) is 24.3 Å². The highest BCUT2D eigenvalue weighted by atomic mass is 35.5. The van der Waals surface area contributed by atoms with E-state index in [0.717, 1.165) is 0 Å². The molecule has 4 nitrogen and oxygen atoms in total. The molecule has 0 fully saturated rings. The third-order valence-corrected chi connectivity index (χ3v) is 5.93. The quantitative estimate of drug-likeness (QED) is 0.413. The summed E-state index contributed by atoms with van der Waals surface area (Å²) in [6.07, 6.45) is 0.160. The van der Waals surface area contributed by atoms with Crippen LogP contribution in [-0.4, -0.2) is 22.3 Å². The van der Waals surface area contributed by atoms with Crippen LogP contribution in [0.2, 0.25) is 0 Å². The van der Waals surface area contributed by atoms with Crippen LogP contribution >= 0.6 is 31.0 Å². The molecule has 0 radical (unpaired) electrons. The normalized spacial score (nSPS) is 14.5. The van der Waals surface area contributed by atoms with Gasteiger partial charge >= 0.3 is 5.97 Å². The van der Waals surface area contributed by atoms with Crippen LogP contribution in [0.4, 0.5) is 0 Å². The van der Waals surface area contributed by atoms with Crippen LogP contribution in [0.1, 0.15) is 34.1 Å². The van der Waals surface area contributed by atoms with E-state index in [1.54, 1.807) is 31.2 Å². The number of hydrogen-bond acceptors (Lipinski definition) is 4. The van der Waals surface area contributed by atoms with Crippen molar-refractivity contribution in [2.24, 2.45) is 0 Å². The summed E-state index contributed by atoms with van der Waals surface area (Å²) in [5.74, 6) is -0.489. The maximum Gasteiger partial charge on any atom is 0.350 e. The van der Waals surface area contributed by atoms with Crippen LogP contribution in [0.25, 0.3) is 0 Å². The van der Waals surface area contributed by atoms with Gasteiger partial charge in [0.1, 0.15) is 5.75 Å². The minimum absolute atomic E-state index is 0.108. The molecule has 7 heteroatoms. The van der Waals surface area contributed by atoms with Gasteiger partial charge in [0.05, 0.1) is 17.5 Å². The van der Waals surface area contributed by atoms with Crippen LogP contribution in [0.5, 0.6) is 5.75 Å². The van der Waals surface area contributed by atoms with Gasteiger partial charge in [-0.05, 0) is 39.3 Å². The number of carbonyl (C=O) groups excluding carboxylic acids is 1. The Morgan fingerprint density at radius 1 is 1.27 bits per heavy atom. The number of benzene rings is 1. The van der Waals surface area contributed by atoms with Crippen molar-refractivity contribution in [1.29, 1.82) is 0 Å². The molecule has 0 saturated carbocycles. The largest absolute Gasteiger partial charge is 0.490 e. The SMILES string of the molecule is CCC(C)OC(=O)C(Cl)(Cl)[PH](=O)c1ccccc1OC(C)C. The number of halogens is 2. The Labute approximate surface area is 141 Å². The van der Waals surface area contributed by atoms with Crippen molar-refractivity contribution >= 4 is 42.3 Å². The molecule has 0 spiro atoms. The minimum atomic E-state index is -2.89. The maximum atomic E-state index is 12.7. The average Bonchev–Trinajstić information content (AvgIpc) is 2.46. The zero-order chi connectivity index (χ0) is 16.9. The average molecular weight is 367 g/mol. The van der Waals surface area contributed by atoms with Crippen molar-refractivity contribution in [3.05, 3.63) is 24.3 Å². The molecule has 1 aromatic rings. The molecule has 22 heavy (non-hydrogen) atoms. The van der Waals surface area contributed by atoms with Crippen molar-refractivity contribution in [1.82, 2.24) is 0 Å². The maximum absolute atomic E-state index is 12.7. The van der Waals surface area contributed by atoms with Crippen LogP contribution < -0.4 is 10.0 Å². The van der Waals surface area contributed by atoms with E-state index < -0.39 is 17.8 Å². The van der Waals surface area contributed by atoms with Gasteiger partial charge in [0.15, 0.2) is 7.80 Å². The van der Waals surface area contributed by atoms with Crippen molar-refractivity contribution < 1.29 is 18.8 Å². The highest BCUT2D eigenvalue weighted by Gasteiger charge is 2.44. The first-order valence-corrected chi connectivity index (χ1v) is 9.25. The van der Waals surface area contributed by atoms with Crippen LogP contribution in [0.3, 0.4) is 0 Å². The van der Waals surface area contributed by atoms with Gasteiger partial charge < -0.3 is 14.0 Å². The molecule has 0 aliphatic rings. The fourth-order valence-electron chi connectivity index (χ4n) is 1.61. The summed E-state index contributed by atoms with van der Waals surface area (Å²) in [6, 6.07) is 6.70. The smallest absolute Gasteiger partial charge is 0.350 e. The van der Waals surface area contributed by atoms with Crippen molar-refractivity contribution in [3.63, 3.8) is 0 Å². The van der Waals surface area contributed by atoms with E-state index >= 15 is 0 Å². The first-order valence-electron chi connectivity index (χ1n) is 7.09. The molecule has 0 aliphatic heterocycles. The zero-order valence-corrected chi connectivity index (χ0v) is 15.6. The number of para-hydroxylation sites is 1. The second kappa shape index (κ2) is 8.24. The molecule has 2 unspecified atom stereocenters. The van der Waals surface area contributed by atoms with Gasteiger partial charge in [0.25, 0.3) is 4.07 Å². The number of rotatable bonds is 7. The molecule has 0 bridgehead atoms. The van der Waals surface area contributed by atoms with Gasteiger partial charge in [-0.1, -0.05) is 42.3 Å². The molecule has 0 heterocycles. The van der Waals surface area contributed by atoms with Crippen molar-refractivity contribution in [3.8, 4) is 5.75 Å². The third-order valence-electron chi connectivity index (χ3n) is 2.92. The Morgan fingerprint density at radius 2 is 1.86 bits per heavy atom. The zero-order valence-electron chi connectivity index (χ0n) is 13.1. The molecular weight excluding hydrogens is 346 g/mol. The number of hydrogen-bond donors (Lipinski definition) is 0. The summed E-state index contributed by atoms with van der Waals surface area (Å²) in [6.45, 7) is 7.27. The molecule has 0 N–H and O–H groups in total. The monoisotopic (exact) mass is 366 g/mol. The summed E-state index contributed by atoms with van der Waals surface area (Å²) >= 11 is 12.1. The minimum Gasteiger partial charge on any atom is -0.490 e. The molecule has 0 aromatic heterocycles. The summed E-state index contributed by atoms with van der Waals surface area (Å²) in [5.41, 5.74) is 0. The van der Waals surface area contributed by atoms with Gasteiger partial charge in [-0.2, -0.15) is 0 Å². The first-order chi connectivity index (χ1) is 10.2. The van der Waals surface area contributed by atoms with E-state index in [0.29, 0.717) is 17.5 Å². The molecule has 1 aromatic carbocycles. The molecule has 2 atom stereocenters. The van der Waals surface area contributed by atoms with Gasteiger partial charge in [-0.3, -0.25) is 0 Å². The molecule has 1 rings (SSSR count). The van der Waals surface area contributed by atoms with E-state index in [-0.39, 0.29) is 12.2 Å². The lowest BCUT2D eigenvalue weighted by Crippen LogP contribution is -2.30. The Kier molecular flexibility index (Phi) is 7.24. The molecule has 124 valence electrons. The topological polar surface area (TPSA) is 52.6 Å². The predicted molar refractivity (Wildman–Crippen MR) is 91.1 cm³/mol. The fourth-order valence-corrected chi connectivity index (χ4v) is 3.51. The highest BCUT2D eigenvalue weighted by Crippen LogP contribution is 2.48. The molecule has 0 aliphatic carbocycles. The Bertz CT molecular complexity index is 546. The number of alkyl halides is 2. The van der Waals surface area contributed by atoms with E-state index in [1.807, 2.05) is 20.8 Å². The summed E-state index contributed by atoms with van der Waals surface area (Å²) in [4.78, 5) is 12.1. The number of esters is 1. The van der Waals surface area contributed by atoms with Crippen molar-refractivity contribution in [2.75, 3.05) is 0 Å². The Hall–Kier alpha value is -0.700. The van der Waals surface area contributed by atoms with E-state index in [4.69, 9.17) is 32.7 Å². The van der Waals surface area contributed by atoms with Crippen LogP contribution in [-0.2, 0) is 14.1 Å². The second-order valence-electron chi connectivity index (χ2n) is 5.19. The molecule has 0 amide bonds. The summed E-state index contributed by atoms with van der Waals surface area (Å²) < 4.78 is 21.3. The lowest BCUT2D eigenvalue weighted by Gasteiger charge is -2.22. The van der Waals surface area contributed by atoms with Gasteiger partial charge in [0.2, 0.25) is 0 Å². The molecular formula is C15H21Cl2O4P. The lowest BCUT2D eigenvalue weighted by atomic mass is 10.3. The number of ether oxygens (including phenoxy) is 2. The first kappa shape index (κ1) is 19.3. The summed E-state index contributed by atoms with van der Waals surface area (Å²) in [7, 11) is -2.89. The van der Waals surface area contributed by atoms with Gasteiger partial charge in [-0.15, -0.1) is 0 Å². The number of carbonyl (C=O) groups is 1. The van der Waals surface area contributed by atoms with Crippen LogP contribution in [0, 0.1) is 0 Å². The Balaban J connectivity index is 3.06.